The fourth-order valence-electron chi connectivity index (χ4n) is 3.90. The minimum absolute atomic E-state index is 0.0416. The largest absolute Gasteiger partial charge is 0.351 e. The molecular formula is C14H23N5O5S. The van der Waals surface area contributed by atoms with E-state index in [4.69, 9.17) is 13.9 Å². The molecule has 2 unspecified atom stereocenters. The number of hydrogen-bond acceptors (Lipinski definition) is 8. The van der Waals surface area contributed by atoms with Gasteiger partial charge in [0, 0.05) is 38.1 Å². The summed E-state index contributed by atoms with van der Waals surface area (Å²) in [7, 11) is 0. The molecule has 2 bridgehead atoms. The number of nitrogens with one attached hydrogen (secondary N) is 2. The van der Waals surface area contributed by atoms with Gasteiger partial charge in [0.2, 0.25) is 0 Å². The molecular weight excluding hydrogens is 350 g/mol. The molecule has 0 radical (unpaired) electrons. The Bertz CT molecular complexity index is 536. The first-order valence-electron chi connectivity index (χ1n) is 8.55. The fraction of sp³-hybridized carbons (Fsp3) is 0.857. The maximum absolute atomic E-state index is 12.4. The Morgan fingerprint density at radius 3 is 2.92 bits per heavy atom. The van der Waals surface area contributed by atoms with E-state index in [-0.39, 0.29) is 24.0 Å². The summed E-state index contributed by atoms with van der Waals surface area (Å²) in [6.07, 6.45) is 2.24. The van der Waals surface area contributed by atoms with Crippen LogP contribution in [0.1, 0.15) is 19.3 Å². The van der Waals surface area contributed by atoms with Crippen LogP contribution in [0, 0.1) is 0 Å². The van der Waals surface area contributed by atoms with Gasteiger partial charge in [-0.3, -0.25) is 14.5 Å². The predicted octanol–water partition coefficient (Wildman–Crippen LogP) is -0.943. The van der Waals surface area contributed by atoms with E-state index in [1.165, 1.54) is 9.96 Å². The molecule has 0 aromatic rings. The van der Waals surface area contributed by atoms with Crippen molar-refractivity contribution in [2.45, 2.75) is 43.4 Å². The number of amides is 3. The Kier molecular flexibility index (Phi) is 5.02. The lowest BCUT2D eigenvalue weighted by atomic mass is 10.0. The zero-order valence-electron chi connectivity index (χ0n) is 13.8. The number of fused-ring (bicyclic) bond motifs is 2. The highest BCUT2D eigenvalue weighted by atomic mass is 32.1. The van der Waals surface area contributed by atoms with Crippen molar-refractivity contribution in [3.63, 3.8) is 0 Å². The molecule has 4 rings (SSSR count). The quantitative estimate of drug-likeness (QED) is 0.314. The average Bonchev–Trinajstić information content (AvgIpc) is 3.10. The van der Waals surface area contributed by atoms with E-state index in [0.717, 1.165) is 13.0 Å². The number of nitrogens with zero attached hydrogens (tertiary/aromatic N) is 3. The Hall–Kier alpha value is -1.11. The van der Waals surface area contributed by atoms with E-state index >= 15 is 0 Å². The molecule has 11 heteroatoms. The third-order valence-electron chi connectivity index (χ3n) is 5.40. The van der Waals surface area contributed by atoms with Gasteiger partial charge in [0.25, 0.3) is 5.91 Å². The van der Waals surface area contributed by atoms with Crippen LogP contribution in [0.3, 0.4) is 0 Å². The minimum Gasteiger partial charge on any atom is -0.351 e. The highest BCUT2D eigenvalue weighted by molar-refractivity contribution is 7.75. The van der Waals surface area contributed by atoms with Crippen molar-refractivity contribution < 1.29 is 23.4 Å². The van der Waals surface area contributed by atoms with Gasteiger partial charge in [-0.25, -0.2) is 14.6 Å². The first-order chi connectivity index (χ1) is 12.2. The summed E-state index contributed by atoms with van der Waals surface area (Å²) >= 11 is 3.71. The van der Waals surface area contributed by atoms with Crippen LogP contribution in [-0.4, -0.2) is 84.1 Å². The molecule has 0 aromatic heterocycles. The van der Waals surface area contributed by atoms with Gasteiger partial charge in [0.1, 0.15) is 19.5 Å². The van der Waals surface area contributed by atoms with Crippen molar-refractivity contribution in [2.75, 3.05) is 33.2 Å². The van der Waals surface area contributed by atoms with E-state index in [2.05, 4.69) is 28.6 Å². The third kappa shape index (κ3) is 3.32. The van der Waals surface area contributed by atoms with Gasteiger partial charge < -0.3 is 15.0 Å². The lowest BCUT2D eigenvalue weighted by molar-refractivity contribution is -0.162. The van der Waals surface area contributed by atoms with Crippen LogP contribution in [0.2, 0.25) is 0 Å². The van der Waals surface area contributed by atoms with Crippen LogP contribution in [0.15, 0.2) is 0 Å². The molecule has 0 aromatic carbocycles. The van der Waals surface area contributed by atoms with E-state index in [0.29, 0.717) is 45.5 Å². The molecule has 0 aliphatic carbocycles. The molecule has 4 aliphatic rings. The maximum Gasteiger partial charge on any atom is 0.345 e. The predicted molar refractivity (Wildman–Crippen MR) is 87.8 cm³/mol. The second kappa shape index (κ2) is 7.25. The summed E-state index contributed by atoms with van der Waals surface area (Å²) in [6, 6.07) is -0.236. The van der Waals surface area contributed by atoms with Gasteiger partial charge in [-0.15, -0.1) is 0 Å². The van der Waals surface area contributed by atoms with Gasteiger partial charge in [-0.2, -0.15) is 5.06 Å². The van der Waals surface area contributed by atoms with Gasteiger partial charge >= 0.3 is 6.03 Å². The number of carbonyl (C=O) groups excluding carboxylic acids is 2. The molecule has 4 fully saturated rings. The number of hydrogen-bond donors (Lipinski definition) is 3. The molecule has 4 aliphatic heterocycles. The Labute approximate surface area is 151 Å². The highest BCUT2D eigenvalue weighted by Gasteiger charge is 2.48. The molecule has 4 atom stereocenters. The van der Waals surface area contributed by atoms with Crippen molar-refractivity contribution in [2.24, 2.45) is 0 Å². The Balaban J connectivity index is 1.21. The number of piperidine rings is 1. The molecule has 4 saturated heterocycles. The van der Waals surface area contributed by atoms with Crippen LogP contribution in [0.5, 0.6) is 0 Å². The Morgan fingerprint density at radius 1 is 1.36 bits per heavy atom. The fourth-order valence-corrected chi connectivity index (χ4v) is 4.11. The molecule has 0 spiro atoms. The van der Waals surface area contributed by atoms with Crippen LogP contribution >= 0.6 is 12.9 Å². The van der Waals surface area contributed by atoms with E-state index in [1.54, 1.807) is 0 Å². The molecule has 140 valence electrons. The van der Waals surface area contributed by atoms with Crippen molar-refractivity contribution in [1.82, 2.24) is 25.7 Å². The van der Waals surface area contributed by atoms with Crippen molar-refractivity contribution in [3.8, 4) is 0 Å². The second-order valence-electron chi connectivity index (χ2n) is 6.91. The number of ether oxygens (including phenoxy) is 1. The summed E-state index contributed by atoms with van der Waals surface area (Å²) in [5, 5.41) is 4.61. The number of carbonyl (C=O) groups is 2. The van der Waals surface area contributed by atoms with Crippen molar-refractivity contribution >= 4 is 24.8 Å². The molecule has 3 amide bonds. The van der Waals surface area contributed by atoms with E-state index in [1.807, 2.05) is 0 Å². The summed E-state index contributed by atoms with van der Waals surface area (Å²) in [5.74, 6) is -0.293. The first kappa shape index (κ1) is 17.3. The zero-order chi connectivity index (χ0) is 17.4. The lowest BCUT2D eigenvalue weighted by Gasteiger charge is -2.35. The molecule has 25 heavy (non-hydrogen) atoms. The highest BCUT2D eigenvalue weighted by Crippen LogP contribution is 2.30. The lowest BCUT2D eigenvalue weighted by Crippen LogP contribution is -2.50. The van der Waals surface area contributed by atoms with Gasteiger partial charge in [-0.05, 0) is 19.3 Å². The summed E-state index contributed by atoms with van der Waals surface area (Å²) in [4.78, 5) is 33.7. The number of urea groups is 1. The molecule has 10 nitrogen and oxygen atoms in total. The topological polar surface area (TPSA) is 95.6 Å². The summed E-state index contributed by atoms with van der Waals surface area (Å²) in [6.45, 7) is 3.15. The molecule has 0 saturated carbocycles. The van der Waals surface area contributed by atoms with Crippen molar-refractivity contribution in [3.05, 3.63) is 0 Å². The monoisotopic (exact) mass is 373 g/mol. The first-order valence-corrected chi connectivity index (χ1v) is 8.92. The van der Waals surface area contributed by atoms with Gasteiger partial charge in [0.05, 0.1) is 12.6 Å². The molecule has 2 N–H and O–H groups in total. The SMILES string of the molecule is O=C(NOC[C@@H]1C[C@H](N2COC2)CN1)C1CCC2CN1C(=O)N2OS. The minimum atomic E-state index is -0.528. The third-order valence-corrected chi connectivity index (χ3v) is 5.58. The Morgan fingerprint density at radius 2 is 2.20 bits per heavy atom. The normalized spacial score (nSPS) is 35.2. The summed E-state index contributed by atoms with van der Waals surface area (Å²) in [5.41, 5.74) is 2.50. The van der Waals surface area contributed by atoms with Crippen LogP contribution in [0.4, 0.5) is 4.79 Å². The standard InChI is InChI=1S/C14H23N5O5S/c20-13(12-2-1-10-5-18(12)14(21)19(10)24-25)16-23-6-9-3-11(4-15-9)17-7-22-8-17/h9-12,15,25H,1-8H2,(H,16,20)/t9-,10?,11-,12?/m0/s1. The second-order valence-corrected chi connectivity index (χ2v) is 7.08. The van der Waals surface area contributed by atoms with E-state index in [9.17, 15) is 9.59 Å². The number of thiol groups is 1. The van der Waals surface area contributed by atoms with E-state index < -0.39 is 6.04 Å². The molecule has 4 heterocycles. The summed E-state index contributed by atoms with van der Waals surface area (Å²) < 4.78 is 9.98. The van der Waals surface area contributed by atoms with Crippen LogP contribution < -0.4 is 10.8 Å². The number of hydroxylamine groups is 3. The smallest absolute Gasteiger partial charge is 0.345 e. The number of rotatable bonds is 6. The van der Waals surface area contributed by atoms with Gasteiger partial charge in [0.15, 0.2) is 0 Å². The van der Waals surface area contributed by atoms with Gasteiger partial charge in [-0.1, -0.05) is 0 Å². The zero-order valence-corrected chi connectivity index (χ0v) is 14.7. The average molecular weight is 373 g/mol. The maximum atomic E-state index is 12.4. The van der Waals surface area contributed by atoms with Crippen molar-refractivity contribution in [1.29, 1.82) is 0 Å². The van der Waals surface area contributed by atoms with Crippen LogP contribution in [-0.2, 0) is 18.7 Å². The van der Waals surface area contributed by atoms with Crippen LogP contribution in [0.25, 0.3) is 0 Å².